The summed E-state index contributed by atoms with van der Waals surface area (Å²) in [6, 6.07) is 16.5. The predicted molar refractivity (Wildman–Crippen MR) is 92.7 cm³/mol. The number of carbonyl (C=O) groups is 1. The molecule has 0 aromatic heterocycles. The van der Waals surface area contributed by atoms with Crippen molar-refractivity contribution in [3.8, 4) is 0 Å². The van der Waals surface area contributed by atoms with Crippen LogP contribution in [-0.4, -0.2) is 35.3 Å². The SMILES string of the molecule is CN(Cc1ccc(F)cc1)C(=O)C1CCCN1Cc1ccccc1. The Kier molecular flexibility index (Phi) is 5.26. The van der Waals surface area contributed by atoms with Gasteiger partial charge in [-0.25, -0.2) is 4.39 Å². The molecule has 0 saturated carbocycles. The summed E-state index contributed by atoms with van der Waals surface area (Å²) in [6.45, 7) is 2.27. The molecule has 24 heavy (non-hydrogen) atoms. The maximum Gasteiger partial charge on any atom is 0.239 e. The van der Waals surface area contributed by atoms with E-state index in [1.54, 1.807) is 17.0 Å². The van der Waals surface area contributed by atoms with Gasteiger partial charge in [0.1, 0.15) is 5.82 Å². The van der Waals surface area contributed by atoms with Gasteiger partial charge >= 0.3 is 0 Å². The molecule has 1 aliphatic heterocycles. The van der Waals surface area contributed by atoms with Crippen molar-refractivity contribution < 1.29 is 9.18 Å². The van der Waals surface area contributed by atoms with Gasteiger partial charge in [-0.05, 0) is 42.6 Å². The molecule has 0 spiro atoms. The van der Waals surface area contributed by atoms with Gasteiger partial charge in [0.25, 0.3) is 0 Å². The first-order valence-corrected chi connectivity index (χ1v) is 8.41. The summed E-state index contributed by atoms with van der Waals surface area (Å²) < 4.78 is 13.0. The van der Waals surface area contributed by atoms with E-state index in [0.717, 1.165) is 31.5 Å². The number of nitrogens with zero attached hydrogens (tertiary/aromatic N) is 2. The van der Waals surface area contributed by atoms with Crippen LogP contribution in [0.15, 0.2) is 54.6 Å². The maximum absolute atomic E-state index is 13.0. The fourth-order valence-corrected chi connectivity index (χ4v) is 3.31. The molecule has 1 heterocycles. The molecule has 1 unspecified atom stereocenters. The van der Waals surface area contributed by atoms with Crippen LogP contribution >= 0.6 is 0 Å². The van der Waals surface area contributed by atoms with Gasteiger partial charge in [-0.3, -0.25) is 9.69 Å². The van der Waals surface area contributed by atoms with Crippen molar-refractivity contribution in [1.29, 1.82) is 0 Å². The average molecular weight is 326 g/mol. The fraction of sp³-hybridized carbons (Fsp3) is 0.350. The molecule has 126 valence electrons. The minimum Gasteiger partial charge on any atom is -0.340 e. The summed E-state index contributed by atoms with van der Waals surface area (Å²) in [7, 11) is 1.82. The van der Waals surface area contributed by atoms with Gasteiger partial charge < -0.3 is 4.90 Å². The Morgan fingerprint density at radius 2 is 1.83 bits per heavy atom. The van der Waals surface area contributed by atoms with Gasteiger partial charge in [0.15, 0.2) is 0 Å². The molecule has 2 aromatic rings. The molecule has 1 amide bonds. The van der Waals surface area contributed by atoms with Crippen LogP contribution in [0.2, 0.25) is 0 Å². The van der Waals surface area contributed by atoms with Crippen LogP contribution in [0.3, 0.4) is 0 Å². The van der Waals surface area contributed by atoms with Crippen LogP contribution in [0.25, 0.3) is 0 Å². The zero-order chi connectivity index (χ0) is 16.9. The zero-order valence-electron chi connectivity index (χ0n) is 14.0. The lowest BCUT2D eigenvalue weighted by Gasteiger charge is -2.28. The molecule has 0 aliphatic carbocycles. The van der Waals surface area contributed by atoms with E-state index in [1.165, 1.54) is 17.7 Å². The van der Waals surface area contributed by atoms with E-state index in [0.29, 0.717) is 6.54 Å². The number of likely N-dealkylation sites (tertiary alicyclic amines) is 1. The predicted octanol–water partition coefficient (Wildman–Crippen LogP) is 3.45. The van der Waals surface area contributed by atoms with E-state index in [9.17, 15) is 9.18 Å². The minimum atomic E-state index is -0.252. The van der Waals surface area contributed by atoms with Crippen LogP contribution in [0.4, 0.5) is 4.39 Å². The van der Waals surface area contributed by atoms with E-state index in [-0.39, 0.29) is 17.8 Å². The third-order valence-electron chi connectivity index (χ3n) is 4.59. The van der Waals surface area contributed by atoms with Crippen LogP contribution in [-0.2, 0) is 17.9 Å². The van der Waals surface area contributed by atoms with Crippen molar-refractivity contribution in [2.45, 2.75) is 32.0 Å². The number of amides is 1. The van der Waals surface area contributed by atoms with Crippen molar-refractivity contribution >= 4 is 5.91 Å². The first kappa shape index (κ1) is 16.7. The highest BCUT2D eigenvalue weighted by Gasteiger charge is 2.32. The summed E-state index contributed by atoms with van der Waals surface area (Å²) in [5.41, 5.74) is 2.18. The van der Waals surface area contributed by atoms with Crippen LogP contribution in [0, 0.1) is 5.82 Å². The second kappa shape index (κ2) is 7.58. The number of hydrogen-bond acceptors (Lipinski definition) is 2. The minimum absolute atomic E-state index is 0.0596. The first-order chi connectivity index (χ1) is 11.6. The number of rotatable bonds is 5. The van der Waals surface area contributed by atoms with Crippen LogP contribution < -0.4 is 0 Å². The lowest BCUT2D eigenvalue weighted by molar-refractivity contribution is -0.135. The molecule has 1 saturated heterocycles. The van der Waals surface area contributed by atoms with Crippen molar-refractivity contribution in [3.63, 3.8) is 0 Å². The highest BCUT2D eigenvalue weighted by atomic mass is 19.1. The standard InChI is InChI=1S/C20H23FN2O/c1-22(14-17-9-11-18(21)12-10-17)20(24)19-8-5-13-23(19)15-16-6-3-2-4-7-16/h2-4,6-7,9-12,19H,5,8,13-15H2,1H3. The third kappa shape index (κ3) is 4.01. The Morgan fingerprint density at radius 1 is 1.12 bits per heavy atom. The van der Waals surface area contributed by atoms with Crippen LogP contribution in [0.1, 0.15) is 24.0 Å². The summed E-state index contributed by atoms with van der Waals surface area (Å²) >= 11 is 0. The lowest BCUT2D eigenvalue weighted by Crippen LogP contribution is -2.43. The molecule has 1 fully saturated rings. The fourth-order valence-electron chi connectivity index (χ4n) is 3.31. The molecule has 3 rings (SSSR count). The number of likely N-dealkylation sites (N-methyl/N-ethyl adjacent to an activating group) is 1. The average Bonchev–Trinajstić information content (AvgIpc) is 3.05. The smallest absolute Gasteiger partial charge is 0.239 e. The Bertz CT molecular complexity index is 672. The molecule has 0 N–H and O–H groups in total. The van der Waals surface area contributed by atoms with Gasteiger partial charge in [0, 0.05) is 20.1 Å². The molecule has 0 radical (unpaired) electrons. The Morgan fingerprint density at radius 3 is 2.54 bits per heavy atom. The van der Waals surface area contributed by atoms with E-state index >= 15 is 0 Å². The summed E-state index contributed by atoms with van der Waals surface area (Å²) in [5, 5.41) is 0. The Hall–Kier alpha value is -2.20. The number of benzene rings is 2. The number of halogens is 1. The molecular formula is C20H23FN2O. The molecule has 2 aromatic carbocycles. The molecular weight excluding hydrogens is 303 g/mol. The number of hydrogen-bond donors (Lipinski definition) is 0. The third-order valence-corrected chi connectivity index (χ3v) is 4.59. The summed E-state index contributed by atoms with van der Waals surface area (Å²) in [6.07, 6.45) is 1.95. The Labute approximate surface area is 142 Å². The first-order valence-electron chi connectivity index (χ1n) is 8.41. The van der Waals surface area contributed by atoms with Gasteiger partial charge in [-0.2, -0.15) is 0 Å². The van der Waals surface area contributed by atoms with Crippen LogP contribution in [0.5, 0.6) is 0 Å². The second-order valence-corrected chi connectivity index (χ2v) is 6.43. The second-order valence-electron chi connectivity index (χ2n) is 6.43. The Balaban J connectivity index is 1.63. The topological polar surface area (TPSA) is 23.6 Å². The number of carbonyl (C=O) groups excluding carboxylic acids is 1. The van der Waals surface area contributed by atoms with E-state index in [2.05, 4.69) is 17.0 Å². The van der Waals surface area contributed by atoms with Gasteiger partial charge in [-0.15, -0.1) is 0 Å². The highest BCUT2D eigenvalue weighted by Crippen LogP contribution is 2.22. The molecule has 1 atom stereocenters. The van der Waals surface area contributed by atoms with Crippen molar-refractivity contribution in [2.75, 3.05) is 13.6 Å². The van der Waals surface area contributed by atoms with E-state index in [1.807, 2.05) is 25.2 Å². The van der Waals surface area contributed by atoms with Gasteiger partial charge in [0.05, 0.1) is 6.04 Å². The summed E-state index contributed by atoms with van der Waals surface area (Å²) in [5.74, 6) is -0.106. The highest BCUT2D eigenvalue weighted by molar-refractivity contribution is 5.82. The van der Waals surface area contributed by atoms with Gasteiger partial charge in [0.2, 0.25) is 5.91 Å². The van der Waals surface area contributed by atoms with E-state index in [4.69, 9.17) is 0 Å². The van der Waals surface area contributed by atoms with Gasteiger partial charge in [-0.1, -0.05) is 42.5 Å². The molecule has 4 heteroatoms. The summed E-state index contributed by atoms with van der Waals surface area (Å²) in [4.78, 5) is 16.8. The van der Waals surface area contributed by atoms with Crippen molar-refractivity contribution in [2.24, 2.45) is 0 Å². The monoisotopic (exact) mass is 326 g/mol. The molecule has 3 nitrogen and oxygen atoms in total. The van der Waals surface area contributed by atoms with Crippen molar-refractivity contribution in [1.82, 2.24) is 9.80 Å². The largest absolute Gasteiger partial charge is 0.340 e. The normalized spacial score (nSPS) is 17.8. The van der Waals surface area contributed by atoms with E-state index < -0.39 is 0 Å². The molecule has 1 aliphatic rings. The van der Waals surface area contributed by atoms with Crippen molar-refractivity contribution in [3.05, 3.63) is 71.5 Å². The zero-order valence-corrected chi connectivity index (χ0v) is 14.0. The maximum atomic E-state index is 13.0. The quantitative estimate of drug-likeness (QED) is 0.840. The molecule has 0 bridgehead atoms. The lowest BCUT2D eigenvalue weighted by atomic mass is 10.1.